The molecule has 0 aliphatic heterocycles. The molecule has 0 radical (unpaired) electrons. The number of amides is 1. The van der Waals surface area contributed by atoms with Gasteiger partial charge in [0.25, 0.3) is 0 Å². The van der Waals surface area contributed by atoms with Crippen LogP contribution < -0.4 is 10.6 Å². The highest BCUT2D eigenvalue weighted by molar-refractivity contribution is 5.91. The van der Waals surface area contributed by atoms with Crippen LogP contribution in [0, 0.1) is 6.92 Å². The molecule has 0 bridgehead atoms. The van der Waals surface area contributed by atoms with Crippen molar-refractivity contribution in [3.8, 4) is 0 Å². The van der Waals surface area contributed by atoms with E-state index in [1.54, 1.807) is 0 Å². The SMILES string of the molecule is Cc1ccc(NC(=O)Cc2ccccc2)nc1C(NC1CCCC1)c1ccccc1. The van der Waals surface area contributed by atoms with Gasteiger partial charge in [-0.25, -0.2) is 4.98 Å². The summed E-state index contributed by atoms with van der Waals surface area (Å²) in [6.45, 7) is 2.09. The monoisotopic (exact) mass is 399 g/mol. The number of rotatable bonds is 7. The summed E-state index contributed by atoms with van der Waals surface area (Å²) in [6.07, 6.45) is 5.31. The summed E-state index contributed by atoms with van der Waals surface area (Å²) in [5, 5.41) is 6.81. The lowest BCUT2D eigenvalue weighted by molar-refractivity contribution is -0.115. The Morgan fingerprint density at radius 2 is 1.63 bits per heavy atom. The van der Waals surface area contributed by atoms with Crippen LogP contribution in [-0.4, -0.2) is 16.9 Å². The Balaban J connectivity index is 1.57. The molecule has 1 atom stereocenters. The minimum atomic E-state index is -0.0523. The van der Waals surface area contributed by atoms with Crippen LogP contribution in [0.4, 0.5) is 5.82 Å². The van der Waals surface area contributed by atoms with Crippen LogP contribution in [0.1, 0.15) is 54.1 Å². The van der Waals surface area contributed by atoms with Crippen LogP contribution in [0.3, 0.4) is 0 Å². The van der Waals surface area contributed by atoms with E-state index in [2.05, 4.69) is 41.8 Å². The van der Waals surface area contributed by atoms with Gasteiger partial charge < -0.3 is 10.6 Å². The molecule has 0 spiro atoms. The second-order valence-corrected chi connectivity index (χ2v) is 8.10. The van der Waals surface area contributed by atoms with Gasteiger partial charge in [-0.15, -0.1) is 0 Å². The van der Waals surface area contributed by atoms with Crippen LogP contribution in [-0.2, 0) is 11.2 Å². The fourth-order valence-electron chi connectivity index (χ4n) is 4.18. The summed E-state index contributed by atoms with van der Waals surface area (Å²) in [6, 6.07) is 24.7. The third-order valence-electron chi connectivity index (χ3n) is 5.78. The molecule has 1 aliphatic rings. The van der Waals surface area contributed by atoms with Gasteiger partial charge in [0, 0.05) is 6.04 Å². The Kier molecular flexibility index (Phi) is 6.55. The van der Waals surface area contributed by atoms with Gasteiger partial charge >= 0.3 is 0 Å². The molecule has 1 heterocycles. The van der Waals surface area contributed by atoms with Gasteiger partial charge in [-0.3, -0.25) is 4.79 Å². The Morgan fingerprint density at radius 1 is 0.967 bits per heavy atom. The summed E-state index contributed by atoms with van der Waals surface area (Å²) in [4.78, 5) is 17.4. The number of aromatic nitrogens is 1. The first-order valence-corrected chi connectivity index (χ1v) is 10.8. The van der Waals surface area contributed by atoms with Gasteiger partial charge in [0.2, 0.25) is 5.91 Å². The third kappa shape index (κ3) is 5.14. The number of nitrogens with zero attached hydrogens (tertiary/aromatic N) is 1. The summed E-state index contributed by atoms with van der Waals surface area (Å²) < 4.78 is 0. The number of aryl methyl sites for hydroxylation is 1. The van der Waals surface area contributed by atoms with Gasteiger partial charge in [0.05, 0.1) is 18.2 Å². The second kappa shape index (κ2) is 9.68. The van der Waals surface area contributed by atoms with Crippen molar-refractivity contribution in [3.63, 3.8) is 0 Å². The maximum absolute atomic E-state index is 12.5. The number of benzene rings is 2. The molecule has 1 fully saturated rings. The van der Waals surface area contributed by atoms with Crippen molar-refractivity contribution in [1.29, 1.82) is 0 Å². The first-order valence-electron chi connectivity index (χ1n) is 10.8. The van der Waals surface area contributed by atoms with Crippen molar-refractivity contribution in [2.45, 2.75) is 51.1 Å². The van der Waals surface area contributed by atoms with E-state index in [1.165, 1.54) is 31.2 Å². The molecular formula is C26H29N3O. The molecule has 154 valence electrons. The van der Waals surface area contributed by atoms with E-state index in [-0.39, 0.29) is 11.9 Å². The highest BCUT2D eigenvalue weighted by atomic mass is 16.1. The number of hydrogen-bond acceptors (Lipinski definition) is 3. The molecule has 1 aliphatic carbocycles. The van der Waals surface area contributed by atoms with Gasteiger partial charge in [0.15, 0.2) is 0 Å². The highest BCUT2D eigenvalue weighted by Crippen LogP contribution is 2.28. The van der Waals surface area contributed by atoms with E-state index in [0.29, 0.717) is 18.3 Å². The predicted octanol–water partition coefficient (Wildman–Crippen LogP) is 5.19. The minimum absolute atomic E-state index is 0.0141. The Bertz CT molecular complexity index is 966. The molecule has 2 aromatic carbocycles. The zero-order valence-corrected chi connectivity index (χ0v) is 17.5. The number of carbonyl (C=O) groups excluding carboxylic acids is 1. The summed E-state index contributed by atoms with van der Waals surface area (Å²) in [7, 11) is 0. The van der Waals surface area contributed by atoms with Crippen molar-refractivity contribution in [2.75, 3.05) is 5.32 Å². The van der Waals surface area contributed by atoms with Gasteiger partial charge in [-0.1, -0.05) is 79.6 Å². The maximum Gasteiger partial charge on any atom is 0.229 e. The molecule has 4 nitrogen and oxygen atoms in total. The molecule has 4 rings (SSSR count). The molecule has 30 heavy (non-hydrogen) atoms. The van der Waals surface area contributed by atoms with Crippen LogP contribution in [0.2, 0.25) is 0 Å². The Labute approximate surface area is 178 Å². The summed E-state index contributed by atoms with van der Waals surface area (Å²) in [5.74, 6) is 0.550. The van der Waals surface area contributed by atoms with E-state index in [0.717, 1.165) is 16.8 Å². The van der Waals surface area contributed by atoms with Gasteiger partial charge in [-0.2, -0.15) is 0 Å². The average molecular weight is 400 g/mol. The average Bonchev–Trinajstić information content (AvgIpc) is 3.28. The predicted molar refractivity (Wildman–Crippen MR) is 121 cm³/mol. The van der Waals surface area contributed by atoms with E-state index >= 15 is 0 Å². The standard InChI is InChI=1S/C26H29N3O/c1-19-16-17-23(28-24(30)18-20-10-4-2-5-11-20)29-25(19)26(21-12-6-3-7-13-21)27-22-14-8-9-15-22/h2-7,10-13,16-17,22,26-27H,8-9,14-15,18H2,1H3,(H,28,29,30). The van der Waals surface area contributed by atoms with Crippen molar-refractivity contribution < 1.29 is 4.79 Å². The minimum Gasteiger partial charge on any atom is -0.310 e. The van der Waals surface area contributed by atoms with E-state index in [1.807, 2.05) is 48.5 Å². The molecule has 1 amide bonds. The number of anilines is 1. The number of hydrogen-bond donors (Lipinski definition) is 2. The van der Waals surface area contributed by atoms with Crippen LogP contribution in [0.5, 0.6) is 0 Å². The molecule has 0 saturated heterocycles. The van der Waals surface area contributed by atoms with Gasteiger partial charge in [0.1, 0.15) is 5.82 Å². The lowest BCUT2D eigenvalue weighted by Crippen LogP contribution is -2.32. The highest BCUT2D eigenvalue weighted by Gasteiger charge is 2.24. The zero-order chi connectivity index (χ0) is 20.8. The molecule has 3 aromatic rings. The van der Waals surface area contributed by atoms with Crippen LogP contribution in [0.15, 0.2) is 72.8 Å². The molecule has 4 heteroatoms. The Morgan fingerprint density at radius 3 is 2.33 bits per heavy atom. The Hall–Kier alpha value is -2.98. The third-order valence-corrected chi connectivity index (χ3v) is 5.78. The second-order valence-electron chi connectivity index (χ2n) is 8.10. The lowest BCUT2D eigenvalue weighted by atomic mass is 9.98. The lowest BCUT2D eigenvalue weighted by Gasteiger charge is -2.25. The number of carbonyl (C=O) groups is 1. The van der Waals surface area contributed by atoms with Crippen molar-refractivity contribution >= 4 is 11.7 Å². The fourth-order valence-corrected chi connectivity index (χ4v) is 4.18. The first kappa shape index (κ1) is 20.3. The fraction of sp³-hybridized carbons (Fsp3) is 0.308. The molecule has 1 aromatic heterocycles. The summed E-state index contributed by atoms with van der Waals surface area (Å²) >= 11 is 0. The van der Waals surface area contributed by atoms with E-state index in [9.17, 15) is 4.79 Å². The molecule has 1 unspecified atom stereocenters. The first-order chi connectivity index (χ1) is 14.7. The van der Waals surface area contributed by atoms with Crippen molar-refractivity contribution in [3.05, 3.63) is 95.2 Å². The van der Waals surface area contributed by atoms with Crippen LogP contribution >= 0.6 is 0 Å². The topological polar surface area (TPSA) is 54.0 Å². The van der Waals surface area contributed by atoms with Crippen molar-refractivity contribution in [2.24, 2.45) is 0 Å². The summed E-state index contributed by atoms with van der Waals surface area (Å²) in [5.41, 5.74) is 4.29. The molecule has 1 saturated carbocycles. The number of nitrogens with one attached hydrogen (secondary N) is 2. The van der Waals surface area contributed by atoms with E-state index in [4.69, 9.17) is 4.98 Å². The maximum atomic E-state index is 12.5. The quantitative estimate of drug-likeness (QED) is 0.575. The normalized spacial score (nSPS) is 15.1. The van der Waals surface area contributed by atoms with Gasteiger partial charge in [-0.05, 0) is 42.5 Å². The van der Waals surface area contributed by atoms with Crippen LogP contribution in [0.25, 0.3) is 0 Å². The van der Waals surface area contributed by atoms with Crippen molar-refractivity contribution in [1.82, 2.24) is 10.3 Å². The number of pyridine rings is 1. The van der Waals surface area contributed by atoms with E-state index < -0.39 is 0 Å². The molecule has 2 N–H and O–H groups in total. The zero-order valence-electron chi connectivity index (χ0n) is 17.5. The smallest absolute Gasteiger partial charge is 0.229 e. The largest absolute Gasteiger partial charge is 0.310 e. The molecular weight excluding hydrogens is 370 g/mol.